The molecule has 1 unspecified atom stereocenters. The van der Waals surface area contributed by atoms with Gasteiger partial charge in [-0.05, 0) is 41.5 Å². The van der Waals surface area contributed by atoms with Gasteiger partial charge in [-0.2, -0.15) is 4.68 Å². The Morgan fingerprint density at radius 2 is 1.76 bits per heavy atom. The smallest absolute Gasteiger partial charge is 0.297 e. The fraction of sp³-hybridized carbons (Fsp3) is 0.261. The lowest BCUT2D eigenvalue weighted by molar-refractivity contribution is -0.120. The highest BCUT2D eigenvalue weighted by Gasteiger charge is 2.26. The third-order valence-electron chi connectivity index (χ3n) is 5.40. The average molecular weight is 464 g/mol. The maximum atomic E-state index is 13.3. The van der Waals surface area contributed by atoms with Crippen LogP contribution < -0.4 is 10.9 Å². The van der Waals surface area contributed by atoms with E-state index < -0.39 is 5.25 Å². The van der Waals surface area contributed by atoms with E-state index in [-0.39, 0.29) is 11.5 Å². The van der Waals surface area contributed by atoms with Crippen LogP contribution in [0.3, 0.4) is 0 Å². The van der Waals surface area contributed by atoms with E-state index in [1.165, 1.54) is 16.4 Å². The van der Waals surface area contributed by atoms with Crippen molar-refractivity contribution in [1.82, 2.24) is 34.9 Å². The number of rotatable bonds is 8. The van der Waals surface area contributed by atoms with Gasteiger partial charge in [0, 0.05) is 13.6 Å². The summed E-state index contributed by atoms with van der Waals surface area (Å²) in [6.07, 6.45) is 0.584. The third-order valence-corrected chi connectivity index (χ3v) is 6.69. The fourth-order valence-corrected chi connectivity index (χ4v) is 4.46. The first-order chi connectivity index (χ1) is 16.0. The van der Waals surface area contributed by atoms with Crippen LogP contribution in [0.15, 0.2) is 70.6 Å². The number of hydrogen-bond acceptors (Lipinski definition) is 6. The summed E-state index contributed by atoms with van der Waals surface area (Å²) < 4.78 is 4.77. The van der Waals surface area contributed by atoms with Gasteiger partial charge in [-0.25, -0.2) is 4.68 Å². The molecule has 170 valence electrons. The van der Waals surface area contributed by atoms with Crippen LogP contribution in [0.1, 0.15) is 24.6 Å². The number of thioether (sulfide) groups is 1. The molecule has 9 nitrogen and oxygen atoms in total. The summed E-state index contributed by atoms with van der Waals surface area (Å²) in [5.74, 6) is -0.104. The Morgan fingerprint density at radius 1 is 1.09 bits per heavy atom. The molecule has 0 radical (unpaired) electrons. The van der Waals surface area contributed by atoms with E-state index in [1.807, 2.05) is 81.6 Å². The number of tetrazole rings is 1. The van der Waals surface area contributed by atoms with Crippen LogP contribution in [-0.2, 0) is 18.4 Å². The predicted molar refractivity (Wildman–Crippen MR) is 127 cm³/mol. The van der Waals surface area contributed by atoms with Crippen LogP contribution in [0.2, 0.25) is 0 Å². The molecule has 0 spiro atoms. The molecule has 1 N–H and O–H groups in total. The standard InChI is InChI=1S/C23H25N7O2S/c1-4-19(21(31)24-15-17-11-7-5-8-12-17)33-23-25-26-27-29(23)20-16(2)28(3)30(22(20)32)18-13-9-6-10-14-18/h5-14,19H,4,15H2,1-3H3,(H,24,31). The molecule has 4 aromatic rings. The predicted octanol–water partition coefficient (Wildman–Crippen LogP) is 2.65. The number of amides is 1. The van der Waals surface area contributed by atoms with Crippen LogP contribution in [0.5, 0.6) is 0 Å². The van der Waals surface area contributed by atoms with E-state index >= 15 is 0 Å². The van der Waals surface area contributed by atoms with Crippen molar-refractivity contribution in [2.24, 2.45) is 7.05 Å². The minimum absolute atomic E-state index is 0.104. The molecule has 2 aromatic heterocycles. The SMILES string of the molecule is CCC(Sc1nnnn1-c1c(C)n(C)n(-c2ccccc2)c1=O)C(=O)NCc1ccccc1. The lowest BCUT2D eigenvalue weighted by atomic mass is 10.2. The largest absolute Gasteiger partial charge is 0.351 e. The second-order valence-electron chi connectivity index (χ2n) is 7.50. The van der Waals surface area contributed by atoms with Crippen LogP contribution in [-0.4, -0.2) is 40.7 Å². The summed E-state index contributed by atoms with van der Waals surface area (Å²) >= 11 is 1.25. The van der Waals surface area contributed by atoms with Crippen molar-refractivity contribution < 1.29 is 4.79 Å². The van der Waals surface area contributed by atoms with Crippen molar-refractivity contribution >= 4 is 17.7 Å². The monoisotopic (exact) mass is 463 g/mol. The van der Waals surface area contributed by atoms with Gasteiger partial charge in [-0.1, -0.05) is 67.2 Å². The lowest BCUT2D eigenvalue weighted by Crippen LogP contribution is -2.32. The van der Waals surface area contributed by atoms with Gasteiger partial charge in [0.25, 0.3) is 5.56 Å². The van der Waals surface area contributed by atoms with Crippen LogP contribution in [0.4, 0.5) is 0 Å². The van der Waals surface area contributed by atoms with E-state index in [2.05, 4.69) is 20.8 Å². The molecule has 0 saturated carbocycles. The van der Waals surface area contributed by atoms with Crippen molar-refractivity contribution in [1.29, 1.82) is 0 Å². The highest BCUT2D eigenvalue weighted by molar-refractivity contribution is 8.00. The Bertz CT molecular complexity index is 1300. The van der Waals surface area contributed by atoms with Gasteiger partial charge in [-0.15, -0.1) is 5.10 Å². The molecule has 33 heavy (non-hydrogen) atoms. The number of para-hydroxylation sites is 1. The zero-order valence-corrected chi connectivity index (χ0v) is 19.5. The molecule has 0 aliphatic rings. The Morgan fingerprint density at radius 3 is 2.42 bits per heavy atom. The van der Waals surface area contributed by atoms with Gasteiger partial charge in [0.15, 0.2) is 5.69 Å². The first-order valence-electron chi connectivity index (χ1n) is 10.6. The van der Waals surface area contributed by atoms with Crippen LogP contribution >= 0.6 is 11.8 Å². The first-order valence-corrected chi connectivity index (χ1v) is 11.5. The van der Waals surface area contributed by atoms with Crippen molar-refractivity contribution in [3.63, 3.8) is 0 Å². The molecule has 2 aromatic carbocycles. The molecule has 0 aliphatic carbocycles. The first kappa shape index (κ1) is 22.5. The van der Waals surface area contributed by atoms with E-state index in [4.69, 9.17) is 0 Å². The van der Waals surface area contributed by atoms with E-state index in [1.54, 1.807) is 9.36 Å². The summed E-state index contributed by atoms with van der Waals surface area (Å²) in [5.41, 5.74) is 2.59. The van der Waals surface area contributed by atoms with E-state index in [9.17, 15) is 9.59 Å². The molecule has 1 amide bonds. The molecule has 0 bridgehead atoms. The molecule has 1 atom stereocenters. The quantitative estimate of drug-likeness (QED) is 0.403. The molecule has 2 heterocycles. The average Bonchev–Trinajstić information content (AvgIpc) is 3.38. The number of hydrogen-bond donors (Lipinski definition) is 1. The highest BCUT2D eigenvalue weighted by Crippen LogP contribution is 2.26. The van der Waals surface area contributed by atoms with Crippen molar-refractivity contribution in [2.75, 3.05) is 0 Å². The lowest BCUT2D eigenvalue weighted by Gasteiger charge is -2.14. The zero-order chi connectivity index (χ0) is 23.4. The van der Waals surface area contributed by atoms with Gasteiger partial charge in [0.2, 0.25) is 11.1 Å². The Kier molecular flexibility index (Phi) is 6.74. The van der Waals surface area contributed by atoms with E-state index in [0.29, 0.717) is 29.5 Å². The van der Waals surface area contributed by atoms with Gasteiger partial charge >= 0.3 is 0 Å². The van der Waals surface area contributed by atoms with Gasteiger partial charge in [-0.3, -0.25) is 14.3 Å². The van der Waals surface area contributed by atoms with Gasteiger partial charge < -0.3 is 5.32 Å². The number of benzene rings is 2. The maximum absolute atomic E-state index is 13.3. The number of carbonyl (C=O) groups is 1. The van der Waals surface area contributed by atoms with Gasteiger partial charge in [0.1, 0.15) is 0 Å². The Hall–Kier alpha value is -3.66. The highest BCUT2D eigenvalue weighted by atomic mass is 32.2. The second kappa shape index (κ2) is 9.86. The summed E-state index contributed by atoms with van der Waals surface area (Å²) in [4.78, 5) is 26.2. The molecule has 0 saturated heterocycles. The number of nitrogens with zero attached hydrogens (tertiary/aromatic N) is 6. The normalized spacial score (nSPS) is 12.0. The summed E-state index contributed by atoms with van der Waals surface area (Å²) in [5, 5.41) is 14.9. The summed E-state index contributed by atoms with van der Waals surface area (Å²) in [7, 11) is 1.82. The van der Waals surface area contributed by atoms with E-state index in [0.717, 1.165) is 11.3 Å². The second-order valence-corrected chi connectivity index (χ2v) is 8.67. The summed E-state index contributed by atoms with van der Waals surface area (Å²) in [6.45, 7) is 4.22. The molecular weight excluding hydrogens is 438 g/mol. The fourth-order valence-electron chi connectivity index (χ4n) is 3.54. The Labute approximate surface area is 195 Å². The summed E-state index contributed by atoms with van der Waals surface area (Å²) in [6, 6.07) is 19.1. The molecule has 0 fully saturated rings. The minimum Gasteiger partial charge on any atom is -0.351 e. The molecule has 4 rings (SSSR count). The minimum atomic E-state index is -0.404. The topological polar surface area (TPSA) is 99.6 Å². The molecular formula is C23H25N7O2S. The van der Waals surface area contributed by atoms with Crippen LogP contribution in [0, 0.1) is 6.92 Å². The van der Waals surface area contributed by atoms with Gasteiger partial charge in [0.05, 0.1) is 16.6 Å². The number of aromatic nitrogens is 6. The molecule has 10 heteroatoms. The third kappa shape index (κ3) is 4.61. The number of nitrogens with one attached hydrogen (secondary N) is 1. The molecule has 0 aliphatic heterocycles. The maximum Gasteiger partial charge on any atom is 0.297 e. The van der Waals surface area contributed by atoms with Crippen molar-refractivity contribution in [3.8, 4) is 11.4 Å². The number of carbonyl (C=O) groups excluding carboxylic acids is 1. The Balaban J connectivity index is 1.59. The van der Waals surface area contributed by atoms with Crippen molar-refractivity contribution in [2.45, 2.75) is 37.2 Å². The van der Waals surface area contributed by atoms with Crippen molar-refractivity contribution in [3.05, 3.63) is 82.3 Å². The van der Waals surface area contributed by atoms with Crippen LogP contribution in [0.25, 0.3) is 11.4 Å². The zero-order valence-electron chi connectivity index (χ0n) is 18.7.